The van der Waals surface area contributed by atoms with Crippen LogP contribution in [0.1, 0.15) is 65.2 Å². The molecule has 1 N–H and O–H groups in total. The third-order valence-electron chi connectivity index (χ3n) is 3.71. The van der Waals surface area contributed by atoms with E-state index in [1.807, 2.05) is 0 Å². The summed E-state index contributed by atoms with van der Waals surface area (Å²) in [7, 11) is 0. The maximum absolute atomic E-state index is 11.6. The van der Waals surface area contributed by atoms with Crippen molar-refractivity contribution in [1.29, 1.82) is 0 Å². The number of carbonyl (C=O) groups is 2. The lowest BCUT2D eigenvalue weighted by Gasteiger charge is -2.25. The van der Waals surface area contributed by atoms with Crippen molar-refractivity contribution in [3.05, 3.63) is 0 Å². The molecule has 1 fully saturated rings. The Morgan fingerprint density at radius 1 is 1.16 bits per heavy atom. The van der Waals surface area contributed by atoms with Crippen molar-refractivity contribution in [2.75, 3.05) is 6.61 Å². The maximum Gasteiger partial charge on any atom is 0.307 e. The fraction of sp³-hybridized carbons (Fsp3) is 0.867. The van der Waals surface area contributed by atoms with Crippen LogP contribution in [0.3, 0.4) is 0 Å². The van der Waals surface area contributed by atoms with Gasteiger partial charge in [0, 0.05) is 6.04 Å². The first-order chi connectivity index (χ1) is 9.13. The highest BCUT2D eigenvalue weighted by atomic mass is 16.5. The number of Topliss-reactive ketones (excluding diaryl/α,β-unsaturated/α-hetero) is 1. The third kappa shape index (κ3) is 6.71. The van der Waals surface area contributed by atoms with Crippen molar-refractivity contribution in [3.63, 3.8) is 0 Å². The summed E-state index contributed by atoms with van der Waals surface area (Å²) >= 11 is 0. The fourth-order valence-electron chi connectivity index (χ4n) is 2.61. The van der Waals surface area contributed by atoms with Gasteiger partial charge in [-0.3, -0.25) is 9.59 Å². The van der Waals surface area contributed by atoms with E-state index >= 15 is 0 Å². The lowest BCUT2D eigenvalue weighted by molar-refractivity contribution is -0.145. The molecular formula is C15H27NO3. The van der Waals surface area contributed by atoms with E-state index in [4.69, 9.17) is 4.74 Å². The molecule has 0 aliphatic heterocycles. The molecule has 19 heavy (non-hydrogen) atoms. The number of hydrogen-bond donors (Lipinski definition) is 1. The van der Waals surface area contributed by atoms with E-state index in [0.29, 0.717) is 12.6 Å². The monoisotopic (exact) mass is 269 g/mol. The molecular weight excluding hydrogens is 242 g/mol. The predicted octanol–water partition coefficient (Wildman–Crippen LogP) is 2.60. The van der Waals surface area contributed by atoms with Crippen LogP contribution in [0.2, 0.25) is 0 Å². The van der Waals surface area contributed by atoms with E-state index in [-0.39, 0.29) is 24.2 Å². The lowest BCUT2D eigenvalue weighted by atomic mass is 9.95. The molecule has 0 aromatic rings. The minimum Gasteiger partial charge on any atom is -0.466 e. The number of esters is 1. The molecule has 1 saturated carbocycles. The molecule has 0 saturated heterocycles. The molecule has 0 aromatic carbocycles. The summed E-state index contributed by atoms with van der Waals surface area (Å²) in [6, 6.07) is -0.0212. The van der Waals surface area contributed by atoms with Gasteiger partial charge in [-0.1, -0.05) is 32.1 Å². The van der Waals surface area contributed by atoms with Crippen LogP contribution in [0.15, 0.2) is 0 Å². The second kappa shape index (κ2) is 9.08. The van der Waals surface area contributed by atoms with Crippen molar-refractivity contribution in [2.24, 2.45) is 0 Å². The van der Waals surface area contributed by atoms with E-state index in [2.05, 4.69) is 5.32 Å². The van der Waals surface area contributed by atoms with E-state index < -0.39 is 0 Å². The normalized spacial score (nSPS) is 19.3. The molecule has 4 heteroatoms. The highest BCUT2D eigenvalue weighted by Crippen LogP contribution is 2.18. The number of carbonyl (C=O) groups excluding carboxylic acids is 2. The standard InChI is InChI=1S/C15H27NO3/c1-3-19-15(18)11-14(12(2)17)16-13-9-7-5-4-6-8-10-13/h13-14,16H,3-11H2,1-2H3. The summed E-state index contributed by atoms with van der Waals surface area (Å²) in [5.74, 6) is -0.267. The van der Waals surface area contributed by atoms with Gasteiger partial charge in [0.15, 0.2) is 0 Å². The highest BCUT2D eigenvalue weighted by Gasteiger charge is 2.22. The zero-order valence-corrected chi connectivity index (χ0v) is 12.2. The largest absolute Gasteiger partial charge is 0.466 e. The molecule has 1 aliphatic carbocycles. The predicted molar refractivity (Wildman–Crippen MR) is 75.0 cm³/mol. The van der Waals surface area contributed by atoms with Crippen molar-refractivity contribution in [3.8, 4) is 0 Å². The Bertz CT molecular complexity index is 283. The summed E-state index contributed by atoms with van der Waals surface area (Å²) in [6.07, 6.45) is 8.66. The average Bonchev–Trinajstić information content (AvgIpc) is 2.31. The van der Waals surface area contributed by atoms with Gasteiger partial charge in [0.25, 0.3) is 0 Å². The van der Waals surface area contributed by atoms with Crippen molar-refractivity contribution in [1.82, 2.24) is 5.32 Å². The summed E-state index contributed by atoms with van der Waals surface area (Å²) in [5, 5.41) is 3.36. The summed E-state index contributed by atoms with van der Waals surface area (Å²) < 4.78 is 4.93. The van der Waals surface area contributed by atoms with Gasteiger partial charge < -0.3 is 10.1 Å². The molecule has 1 atom stereocenters. The van der Waals surface area contributed by atoms with Crippen LogP contribution in [0, 0.1) is 0 Å². The van der Waals surface area contributed by atoms with Crippen LogP contribution in [-0.4, -0.2) is 30.4 Å². The van der Waals surface area contributed by atoms with Gasteiger partial charge in [-0.05, 0) is 26.7 Å². The number of ketones is 1. The van der Waals surface area contributed by atoms with Gasteiger partial charge in [-0.15, -0.1) is 0 Å². The summed E-state index contributed by atoms with van der Waals surface area (Å²) in [5.41, 5.74) is 0. The Balaban J connectivity index is 2.46. The first kappa shape index (κ1) is 16.2. The lowest BCUT2D eigenvalue weighted by Crippen LogP contribution is -2.44. The SMILES string of the molecule is CCOC(=O)CC(NC1CCCCCCC1)C(C)=O. The second-order valence-electron chi connectivity index (χ2n) is 5.38. The quantitative estimate of drug-likeness (QED) is 0.753. The zero-order chi connectivity index (χ0) is 14.1. The van der Waals surface area contributed by atoms with E-state index in [0.717, 1.165) is 12.8 Å². The molecule has 0 bridgehead atoms. The Hall–Kier alpha value is -0.900. The molecule has 0 radical (unpaired) electrons. The third-order valence-corrected chi connectivity index (χ3v) is 3.71. The molecule has 4 nitrogen and oxygen atoms in total. The van der Waals surface area contributed by atoms with Crippen molar-refractivity contribution in [2.45, 2.75) is 77.3 Å². The Kier molecular flexibility index (Phi) is 7.72. The van der Waals surface area contributed by atoms with E-state index in [9.17, 15) is 9.59 Å². The fourth-order valence-corrected chi connectivity index (χ4v) is 2.61. The van der Waals surface area contributed by atoms with Gasteiger partial charge in [0.05, 0.1) is 19.1 Å². The highest BCUT2D eigenvalue weighted by molar-refractivity contribution is 5.86. The van der Waals surface area contributed by atoms with Crippen molar-refractivity contribution >= 4 is 11.8 Å². The van der Waals surface area contributed by atoms with Crippen LogP contribution in [0.25, 0.3) is 0 Å². The van der Waals surface area contributed by atoms with Gasteiger partial charge in [0.2, 0.25) is 0 Å². The molecule has 1 aliphatic rings. The van der Waals surface area contributed by atoms with Crippen LogP contribution in [-0.2, 0) is 14.3 Å². The zero-order valence-electron chi connectivity index (χ0n) is 12.2. The first-order valence-corrected chi connectivity index (χ1v) is 7.55. The minimum atomic E-state index is -0.386. The molecule has 1 rings (SSSR count). The molecule has 110 valence electrons. The van der Waals surface area contributed by atoms with Crippen LogP contribution in [0.4, 0.5) is 0 Å². The molecule has 0 heterocycles. The van der Waals surface area contributed by atoms with E-state index in [1.54, 1.807) is 13.8 Å². The summed E-state index contributed by atoms with van der Waals surface area (Å²) in [6.45, 7) is 3.69. The molecule has 0 aromatic heterocycles. The number of rotatable bonds is 6. The number of ether oxygens (including phenoxy) is 1. The summed E-state index contributed by atoms with van der Waals surface area (Å²) in [4.78, 5) is 23.1. The van der Waals surface area contributed by atoms with E-state index in [1.165, 1.54) is 32.1 Å². The molecule has 0 amide bonds. The van der Waals surface area contributed by atoms with Gasteiger partial charge >= 0.3 is 5.97 Å². The number of hydrogen-bond acceptors (Lipinski definition) is 4. The second-order valence-corrected chi connectivity index (χ2v) is 5.38. The Labute approximate surface area is 116 Å². The topological polar surface area (TPSA) is 55.4 Å². The maximum atomic E-state index is 11.6. The first-order valence-electron chi connectivity index (χ1n) is 7.55. The van der Waals surface area contributed by atoms with Gasteiger partial charge in [-0.25, -0.2) is 0 Å². The van der Waals surface area contributed by atoms with Crippen LogP contribution in [0.5, 0.6) is 0 Å². The molecule has 1 unspecified atom stereocenters. The minimum absolute atomic E-state index is 0.0233. The Morgan fingerprint density at radius 2 is 1.74 bits per heavy atom. The number of nitrogens with one attached hydrogen (secondary N) is 1. The van der Waals surface area contributed by atoms with Crippen LogP contribution >= 0.6 is 0 Å². The molecule has 0 spiro atoms. The smallest absolute Gasteiger partial charge is 0.307 e. The van der Waals surface area contributed by atoms with Crippen molar-refractivity contribution < 1.29 is 14.3 Å². The average molecular weight is 269 g/mol. The Morgan fingerprint density at radius 3 is 2.26 bits per heavy atom. The van der Waals surface area contributed by atoms with Crippen LogP contribution < -0.4 is 5.32 Å². The van der Waals surface area contributed by atoms with Gasteiger partial charge in [0.1, 0.15) is 5.78 Å². The van der Waals surface area contributed by atoms with Gasteiger partial charge in [-0.2, -0.15) is 0 Å².